The van der Waals surface area contributed by atoms with Gasteiger partial charge in [0.05, 0.1) is 6.26 Å². The average molecular weight is 367 g/mol. The van der Waals surface area contributed by atoms with E-state index in [9.17, 15) is 18.0 Å². The van der Waals surface area contributed by atoms with Crippen molar-refractivity contribution in [2.45, 2.75) is 32.7 Å². The van der Waals surface area contributed by atoms with E-state index >= 15 is 0 Å². The lowest BCUT2D eigenvalue weighted by Crippen LogP contribution is -2.47. The predicted molar refractivity (Wildman–Crippen MR) is 96.8 cm³/mol. The van der Waals surface area contributed by atoms with Crippen molar-refractivity contribution in [3.63, 3.8) is 0 Å². The number of benzene rings is 1. The van der Waals surface area contributed by atoms with E-state index in [0.717, 1.165) is 19.1 Å². The van der Waals surface area contributed by atoms with Crippen LogP contribution in [0, 0.1) is 5.92 Å². The number of nitrogens with zero attached hydrogens (tertiary/aromatic N) is 1. The Balaban J connectivity index is 1.91. The summed E-state index contributed by atoms with van der Waals surface area (Å²) in [4.78, 5) is 26.0. The standard InChI is InChI=1S/C17H25N3O4S/c1-12(2)16(21)18-14-8-10-20(11-9-14)17(22)13-4-6-15(7-5-13)19-25(3,23)24/h4-7,12,14,19H,8-11H2,1-3H3,(H,18,21). The number of nitrogens with one attached hydrogen (secondary N) is 2. The highest BCUT2D eigenvalue weighted by Crippen LogP contribution is 2.17. The lowest BCUT2D eigenvalue weighted by Gasteiger charge is -2.32. The van der Waals surface area contributed by atoms with E-state index in [0.29, 0.717) is 24.3 Å². The van der Waals surface area contributed by atoms with E-state index in [1.54, 1.807) is 29.2 Å². The molecule has 7 nitrogen and oxygen atoms in total. The summed E-state index contributed by atoms with van der Waals surface area (Å²) in [5, 5.41) is 3.00. The number of piperidine rings is 1. The van der Waals surface area contributed by atoms with Crippen LogP contribution in [0.3, 0.4) is 0 Å². The van der Waals surface area contributed by atoms with Crippen molar-refractivity contribution in [3.8, 4) is 0 Å². The van der Waals surface area contributed by atoms with Gasteiger partial charge in [0.1, 0.15) is 0 Å². The van der Waals surface area contributed by atoms with Crippen LogP contribution in [0.1, 0.15) is 37.0 Å². The van der Waals surface area contributed by atoms with E-state index < -0.39 is 10.0 Å². The molecule has 25 heavy (non-hydrogen) atoms. The Morgan fingerprint density at radius 3 is 2.16 bits per heavy atom. The smallest absolute Gasteiger partial charge is 0.253 e. The third-order valence-electron chi connectivity index (χ3n) is 4.09. The first-order valence-electron chi connectivity index (χ1n) is 8.33. The fourth-order valence-electron chi connectivity index (χ4n) is 2.67. The first-order chi connectivity index (χ1) is 11.7. The number of sulfonamides is 1. The molecular formula is C17H25N3O4S. The average Bonchev–Trinajstić information content (AvgIpc) is 2.54. The normalized spacial score (nSPS) is 15.9. The molecule has 0 unspecified atom stereocenters. The van der Waals surface area contributed by atoms with Gasteiger partial charge in [-0.25, -0.2) is 8.42 Å². The molecule has 2 amide bonds. The molecule has 0 bridgehead atoms. The maximum absolute atomic E-state index is 12.5. The van der Waals surface area contributed by atoms with Gasteiger partial charge in [-0.2, -0.15) is 0 Å². The maximum Gasteiger partial charge on any atom is 0.253 e. The first kappa shape index (κ1) is 19.2. The van der Waals surface area contributed by atoms with Gasteiger partial charge in [-0.15, -0.1) is 0 Å². The molecule has 1 fully saturated rings. The summed E-state index contributed by atoms with van der Waals surface area (Å²) in [7, 11) is -3.33. The molecule has 138 valence electrons. The van der Waals surface area contributed by atoms with E-state index in [2.05, 4.69) is 10.0 Å². The summed E-state index contributed by atoms with van der Waals surface area (Å²) >= 11 is 0. The number of amides is 2. The van der Waals surface area contributed by atoms with Crippen LogP contribution in [-0.2, 0) is 14.8 Å². The minimum atomic E-state index is -3.33. The number of rotatable bonds is 5. The van der Waals surface area contributed by atoms with Gasteiger partial charge in [-0.3, -0.25) is 14.3 Å². The quantitative estimate of drug-likeness (QED) is 0.823. The number of hydrogen-bond donors (Lipinski definition) is 2. The molecule has 0 atom stereocenters. The minimum absolute atomic E-state index is 0.0405. The van der Waals surface area contributed by atoms with Gasteiger partial charge < -0.3 is 10.2 Å². The molecule has 1 aromatic rings. The number of carbonyl (C=O) groups is 2. The fourth-order valence-corrected chi connectivity index (χ4v) is 3.24. The summed E-state index contributed by atoms with van der Waals surface area (Å²) in [5.74, 6) is -0.0861. The zero-order chi connectivity index (χ0) is 18.6. The Hall–Kier alpha value is -2.09. The van der Waals surface area contributed by atoms with E-state index in [4.69, 9.17) is 0 Å². The molecule has 1 aliphatic heterocycles. The van der Waals surface area contributed by atoms with Crippen LogP contribution >= 0.6 is 0 Å². The second-order valence-corrected chi connectivity index (χ2v) is 8.43. The highest BCUT2D eigenvalue weighted by Gasteiger charge is 2.25. The summed E-state index contributed by atoms with van der Waals surface area (Å²) in [6.45, 7) is 4.89. The van der Waals surface area contributed by atoms with Crippen molar-refractivity contribution in [2.75, 3.05) is 24.1 Å². The van der Waals surface area contributed by atoms with Gasteiger partial charge in [0.2, 0.25) is 15.9 Å². The lowest BCUT2D eigenvalue weighted by molar-refractivity contribution is -0.124. The molecule has 8 heteroatoms. The summed E-state index contributed by atoms with van der Waals surface area (Å²) < 4.78 is 24.8. The maximum atomic E-state index is 12.5. The Bertz CT molecular complexity index is 721. The fraction of sp³-hybridized carbons (Fsp3) is 0.529. The van der Waals surface area contributed by atoms with E-state index in [-0.39, 0.29) is 23.8 Å². The zero-order valence-corrected chi connectivity index (χ0v) is 15.6. The second-order valence-electron chi connectivity index (χ2n) is 6.68. The predicted octanol–water partition coefficient (Wildman–Crippen LogP) is 1.43. The third kappa shape index (κ3) is 5.74. The van der Waals surface area contributed by atoms with Crippen molar-refractivity contribution in [1.82, 2.24) is 10.2 Å². The molecule has 0 radical (unpaired) electrons. The summed E-state index contributed by atoms with van der Waals surface area (Å²) in [6.07, 6.45) is 2.55. The minimum Gasteiger partial charge on any atom is -0.353 e. The molecule has 1 aromatic carbocycles. The van der Waals surface area contributed by atoms with Crippen LogP contribution in [0.5, 0.6) is 0 Å². The number of likely N-dealkylation sites (tertiary alicyclic amines) is 1. The Morgan fingerprint density at radius 2 is 1.68 bits per heavy atom. The van der Waals surface area contributed by atoms with Crippen molar-refractivity contribution < 1.29 is 18.0 Å². The van der Waals surface area contributed by atoms with Crippen LogP contribution < -0.4 is 10.0 Å². The van der Waals surface area contributed by atoms with Crippen molar-refractivity contribution in [2.24, 2.45) is 5.92 Å². The molecule has 0 spiro atoms. The molecule has 0 saturated carbocycles. The van der Waals surface area contributed by atoms with Crippen LogP contribution in [0.25, 0.3) is 0 Å². The number of carbonyl (C=O) groups excluding carboxylic acids is 2. The molecule has 2 rings (SSSR count). The van der Waals surface area contributed by atoms with Gasteiger partial charge in [0, 0.05) is 36.3 Å². The van der Waals surface area contributed by atoms with Crippen molar-refractivity contribution >= 4 is 27.5 Å². The largest absolute Gasteiger partial charge is 0.353 e. The lowest BCUT2D eigenvalue weighted by atomic mass is 10.0. The van der Waals surface area contributed by atoms with Crippen LogP contribution in [0.2, 0.25) is 0 Å². The van der Waals surface area contributed by atoms with Crippen LogP contribution in [0.15, 0.2) is 24.3 Å². The first-order valence-corrected chi connectivity index (χ1v) is 10.2. The van der Waals surface area contributed by atoms with Crippen LogP contribution in [-0.4, -0.2) is 50.5 Å². The highest BCUT2D eigenvalue weighted by molar-refractivity contribution is 7.92. The Labute approximate surface area is 148 Å². The van der Waals surface area contributed by atoms with Crippen molar-refractivity contribution in [3.05, 3.63) is 29.8 Å². The summed E-state index contributed by atoms with van der Waals surface area (Å²) in [6, 6.07) is 6.49. The van der Waals surface area contributed by atoms with Crippen LogP contribution in [0.4, 0.5) is 5.69 Å². The van der Waals surface area contributed by atoms with Crippen molar-refractivity contribution in [1.29, 1.82) is 0 Å². The molecule has 1 saturated heterocycles. The SMILES string of the molecule is CC(C)C(=O)NC1CCN(C(=O)c2ccc(NS(C)(=O)=O)cc2)CC1. The van der Waals surface area contributed by atoms with Gasteiger partial charge in [0.25, 0.3) is 5.91 Å². The Kier molecular flexibility index (Phi) is 6.05. The van der Waals surface area contributed by atoms with Gasteiger partial charge in [0.15, 0.2) is 0 Å². The number of hydrogen-bond acceptors (Lipinski definition) is 4. The van der Waals surface area contributed by atoms with Gasteiger partial charge >= 0.3 is 0 Å². The second kappa shape index (κ2) is 7.86. The Morgan fingerprint density at radius 1 is 1.12 bits per heavy atom. The molecule has 1 heterocycles. The van der Waals surface area contributed by atoms with Gasteiger partial charge in [-0.05, 0) is 37.1 Å². The monoisotopic (exact) mass is 367 g/mol. The molecule has 0 aromatic heterocycles. The molecule has 0 aliphatic carbocycles. The highest BCUT2D eigenvalue weighted by atomic mass is 32.2. The molecule has 1 aliphatic rings. The van der Waals surface area contributed by atoms with E-state index in [1.165, 1.54) is 0 Å². The van der Waals surface area contributed by atoms with Gasteiger partial charge in [-0.1, -0.05) is 13.8 Å². The number of anilines is 1. The third-order valence-corrected chi connectivity index (χ3v) is 4.69. The topological polar surface area (TPSA) is 95.6 Å². The summed E-state index contributed by atoms with van der Waals surface area (Å²) in [5.41, 5.74) is 0.942. The zero-order valence-electron chi connectivity index (χ0n) is 14.8. The molecular weight excluding hydrogens is 342 g/mol. The molecule has 2 N–H and O–H groups in total. The van der Waals surface area contributed by atoms with E-state index in [1.807, 2.05) is 13.8 Å².